The average molecular weight is 1240 g/mol. The summed E-state index contributed by atoms with van der Waals surface area (Å²) in [6, 6.07) is 0.0505. The van der Waals surface area contributed by atoms with Crippen LogP contribution in [0.2, 0.25) is 0 Å². The summed E-state index contributed by atoms with van der Waals surface area (Å²) in [6.07, 6.45) is -2.65. The standard InChI is InChI=1S/C57H86N10O16.2ClH/c1-5-6-7-8-9-10-11-12-20-82-37-14-15-39-34(24-37)25-40(65(39)4)52(76)61-38-26-35(69)28-60-55(79)49-50(74)31(2)29-67(49)57(81)48(43(72)17-18-58)64-54(78)47(44(73)22-33-13-16-42(71)45(23-33)83-21-19-59)63-53(77)41-27-36(70)30-66(41)56(80)46(32(3)68)62-51(38)75;;/h13-16,23-25,31-32,35-36,38,41,43-44,46-50,68-74H,5-12,17-22,26-30,58-59H2,1-4H3,(H,60,79)(H,61,76)(H,62,75)(H,63,77)(H,64,78);2*1H/t31-,32+,35+,36+,38-,41-,43+,44+,46-,47-,48-,49-,50-;;/m0../s1. The fourth-order valence-corrected chi connectivity index (χ4v) is 10.9. The van der Waals surface area contributed by atoms with Gasteiger partial charge in [-0.2, -0.15) is 0 Å². The molecule has 476 valence electrons. The summed E-state index contributed by atoms with van der Waals surface area (Å²) in [5, 5.41) is 92.0. The summed E-state index contributed by atoms with van der Waals surface area (Å²) in [6.45, 7) is 3.83. The molecular formula is C57H88Cl2N10O16. The van der Waals surface area contributed by atoms with E-state index in [4.69, 9.17) is 20.9 Å². The number of unbranched alkanes of at least 4 members (excludes halogenated alkanes) is 7. The number of aliphatic hydroxyl groups is 6. The molecule has 3 saturated heterocycles. The van der Waals surface area contributed by atoms with Crippen LogP contribution in [0.1, 0.15) is 107 Å². The molecule has 1 aromatic heterocycles. The Hall–Kier alpha value is -6.07. The Kier molecular flexibility index (Phi) is 28.3. The number of phenolic OH excluding ortho intramolecular Hbond substituents is 1. The molecular weight excluding hydrogens is 1150 g/mol. The Morgan fingerprint density at radius 3 is 2.06 bits per heavy atom. The van der Waals surface area contributed by atoms with Gasteiger partial charge in [-0.3, -0.25) is 33.6 Å². The number of carbonyl (C=O) groups is 7. The van der Waals surface area contributed by atoms with Crippen LogP contribution >= 0.6 is 24.8 Å². The number of aromatic hydroxyl groups is 1. The SMILES string of the molecule is CCCCCCCCCCOc1ccc2c(c1)cc(C(=O)N[C@H]1C[C@@H](O)CNC(=O)[C@@H]3[C@@H](O)[C@@H](C)CN3C(=O)[C@H]([C@H](O)CCN)NC(=O)[C@H]([C@H](O)Cc3ccc(O)c(OCCN)c3)NC(=O)[C@@H]3C[C@@H](O)CN3C(=O)[C@H]([C@@H](C)O)NC1=O)n2C.Cl.Cl. The molecule has 3 aromatic rings. The van der Waals surface area contributed by atoms with Crippen molar-refractivity contribution in [1.29, 1.82) is 0 Å². The molecule has 13 atom stereocenters. The Morgan fingerprint density at radius 2 is 1.39 bits per heavy atom. The van der Waals surface area contributed by atoms with Crippen LogP contribution in [0, 0.1) is 5.92 Å². The summed E-state index contributed by atoms with van der Waals surface area (Å²) in [5.41, 5.74) is 12.4. The van der Waals surface area contributed by atoms with Crippen molar-refractivity contribution in [2.24, 2.45) is 24.4 Å². The van der Waals surface area contributed by atoms with Crippen molar-refractivity contribution < 1.29 is 78.8 Å². The molecule has 0 spiro atoms. The number of fused-ring (bicyclic) bond motifs is 3. The quantitative estimate of drug-likeness (QED) is 0.0530. The van der Waals surface area contributed by atoms with Gasteiger partial charge in [0.25, 0.3) is 5.91 Å². The molecule has 3 aliphatic rings. The second-order valence-electron chi connectivity index (χ2n) is 22.1. The lowest BCUT2D eigenvalue weighted by Crippen LogP contribution is -2.64. The van der Waals surface area contributed by atoms with Crippen molar-refractivity contribution in [2.75, 3.05) is 45.9 Å². The zero-order valence-electron chi connectivity index (χ0n) is 48.6. The number of aryl methyl sites for hydroxylation is 1. The number of hydrogen-bond acceptors (Lipinski definition) is 18. The lowest BCUT2D eigenvalue weighted by Gasteiger charge is -2.34. The topological polar surface area (TPSA) is 403 Å². The third-order valence-electron chi connectivity index (χ3n) is 15.6. The molecule has 0 aliphatic carbocycles. The molecule has 0 radical (unpaired) electrons. The predicted octanol–water partition coefficient (Wildman–Crippen LogP) is -1.12. The van der Waals surface area contributed by atoms with E-state index >= 15 is 0 Å². The first-order chi connectivity index (χ1) is 39.6. The van der Waals surface area contributed by atoms with E-state index in [2.05, 4.69) is 33.5 Å². The Bertz CT molecular complexity index is 2720. The number of nitrogens with one attached hydrogen (secondary N) is 5. The highest BCUT2D eigenvalue weighted by atomic mass is 35.5. The minimum Gasteiger partial charge on any atom is -0.504 e. The van der Waals surface area contributed by atoms with Gasteiger partial charge in [0.05, 0.1) is 43.2 Å². The van der Waals surface area contributed by atoms with E-state index in [0.29, 0.717) is 23.3 Å². The first-order valence-corrected chi connectivity index (χ1v) is 28.8. The lowest BCUT2D eigenvalue weighted by atomic mass is 9.98. The summed E-state index contributed by atoms with van der Waals surface area (Å²) < 4.78 is 13.1. The number of carbonyl (C=O) groups excluding carboxylic acids is 7. The van der Waals surface area contributed by atoms with Gasteiger partial charge in [0.15, 0.2) is 11.5 Å². The number of ether oxygens (including phenoxy) is 2. The Morgan fingerprint density at radius 1 is 0.729 bits per heavy atom. The van der Waals surface area contributed by atoms with E-state index in [-0.39, 0.29) is 80.2 Å². The van der Waals surface area contributed by atoms with Crippen molar-refractivity contribution in [2.45, 2.75) is 171 Å². The maximum atomic E-state index is 14.7. The number of halogens is 2. The van der Waals surface area contributed by atoms with Crippen LogP contribution in [-0.2, 0) is 42.2 Å². The monoisotopic (exact) mass is 1240 g/mol. The van der Waals surface area contributed by atoms with Gasteiger partial charge in [0.2, 0.25) is 35.4 Å². The fourth-order valence-electron chi connectivity index (χ4n) is 10.9. The smallest absolute Gasteiger partial charge is 0.268 e. The first-order valence-electron chi connectivity index (χ1n) is 28.8. The largest absolute Gasteiger partial charge is 0.504 e. The molecule has 2 aromatic carbocycles. The highest BCUT2D eigenvalue weighted by molar-refractivity contribution is 6.02. The molecule has 3 aliphatic heterocycles. The molecule has 7 amide bonds. The van der Waals surface area contributed by atoms with Crippen molar-refractivity contribution in [3.05, 3.63) is 53.7 Å². The molecule has 28 heteroatoms. The number of nitrogens with two attached hydrogens (primary N) is 2. The van der Waals surface area contributed by atoms with Gasteiger partial charge in [-0.1, -0.05) is 64.9 Å². The molecule has 0 saturated carbocycles. The second-order valence-corrected chi connectivity index (χ2v) is 22.1. The van der Waals surface area contributed by atoms with Crippen LogP contribution in [0.3, 0.4) is 0 Å². The van der Waals surface area contributed by atoms with Crippen LogP contribution in [0.4, 0.5) is 0 Å². The van der Waals surface area contributed by atoms with Gasteiger partial charge in [-0.05, 0) is 68.3 Å². The Labute approximate surface area is 506 Å². The molecule has 85 heavy (non-hydrogen) atoms. The predicted molar refractivity (Wildman–Crippen MR) is 317 cm³/mol. The molecule has 4 heterocycles. The maximum absolute atomic E-state index is 14.7. The number of amides is 7. The number of nitrogens with zero attached hydrogens (tertiary/aromatic N) is 3. The number of aliphatic hydroxyl groups excluding tert-OH is 6. The van der Waals surface area contributed by atoms with Crippen molar-refractivity contribution >= 4 is 77.1 Å². The second kappa shape index (κ2) is 33.7. The maximum Gasteiger partial charge on any atom is 0.268 e. The zero-order valence-corrected chi connectivity index (χ0v) is 50.2. The van der Waals surface area contributed by atoms with Gasteiger partial charge in [-0.25, -0.2) is 0 Å². The Balaban J connectivity index is 0.00000774. The lowest BCUT2D eigenvalue weighted by molar-refractivity contribution is -0.147. The first kappa shape index (κ1) is 71.4. The fraction of sp³-hybridized carbons (Fsp3) is 0.632. The minimum atomic E-state index is -2.03. The number of rotatable bonds is 22. The van der Waals surface area contributed by atoms with Crippen LogP contribution in [-0.4, -0.2) is 210 Å². The molecule has 3 fully saturated rings. The summed E-state index contributed by atoms with van der Waals surface area (Å²) in [7, 11) is 1.63. The van der Waals surface area contributed by atoms with Gasteiger partial charge in [0, 0.05) is 69.3 Å². The molecule has 6 rings (SSSR count). The number of hydrogen-bond donors (Lipinski definition) is 14. The molecule has 0 bridgehead atoms. The third kappa shape index (κ3) is 18.7. The number of β-amino-alcohol motifs (C(OH)–C–C–N with tert-alkyl or cyclic N) is 1. The van der Waals surface area contributed by atoms with Gasteiger partial charge in [0.1, 0.15) is 54.3 Å². The summed E-state index contributed by atoms with van der Waals surface area (Å²) in [4.78, 5) is 103. The van der Waals surface area contributed by atoms with E-state index in [1.807, 2.05) is 0 Å². The number of benzene rings is 2. The van der Waals surface area contributed by atoms with E-state index < -0.39 is 152 Å². The van der Waals surface area contributed by atoms with Gasteiger partial charge < -0.3 is 97.6 Å². The molecule has 0 unspecified atom stereocenters. The molecule has 26 nitrogen and oxygen atoms in total. The highest BCUT2D eigenvalue weighted by Crippen LogP contribution is 2.30. The summed E-state index contributed by atoms with van der Waals surface area (Å²) in [5.74, 6) is -7.95. The van der Waals surface area contributed by atoms with E-state index in [1.165, 1.54) is 50.3 Å². The average Bonchev–Trinajstić information content (AvgIpc) is 3.06. The van der Waals surface area contributed by atoms with E-state index in [1.54, 1.807) is 42.8 Å². The summed E-state index contributed by atoms with van der Waals surface area (Å²) >= 11 is 0. The zero-order chi connectivity index (χ0) is 60.7. The van der Waals surface area contributed by atoms with Crippen molar-refractivity contribution in [3.8, 4) is 17.2 Å². The van der Waals surface area contributed by atoms with Crippen LogP contribution < -0.4 is 47.5 Å². The van der Waals surface area contributed by atoms with E-state index in [0.717, 1.165) is 36.0 Å². The van der Waals surface area contributed by atoms with Crippen LogP contribution in [0.25, 0.3) is 10.9 Å². The normalized spacial score (nSPS) is 25.6. The number of phenols is 1. The third-order valence-corrected chi connectivity index (χ3v) is 15.6. The van der Waals surface area contributed by atoms with E-state index in [9.17, 15) is 69.3 Å². The van der Waals surface area contributed by atoms with Crippen molar-refractivity contribution in [3.63, 3.8) is 0 Å². The van der Waals surface area contributed by atoms with Crippen molar-refractivity contribution in [1.82, 2.24) is 41.0 Å². The van der Waals surface area contributed by atoms with Gasteiger partial charge >= 0.3 is 0 Å². The van der Waals surface area contributed by atoms with Crippen LogP contribution in [0.15, 0.2) is 42.5 Å². The highest BCUT2D eigenvalue weighted by Gasteiger charge is 2.50. The molecule has 16 N–H and O–H groups in total. The number of aromatic nitrogens is 1. The minimum absolute atomic E-state index is 0. The van der Waals surface area contributed by atoms with Crippen LogP contribution in [0.5, 0.6) is 17.2 Å². The van der Waals surface area contributed by atoms with Gasteiger partial charge in [-0.15, -0.1) is 24.8 Å².